The van der Waals surface area contributed by atoms with Crippen LogP contribution in [0.2, 0.25) is 0 Å². The van der Waals surface area contributed by atoms with E-state index in [1.165, 1.54) is 24.1 Å². The Morgan fingerprint density at radius 3 is 3.11 bits per heavy atom. The fourth-order valence-electron chi connectivity index (χ4n) is 2.21. The summed E-state index contributed by atoms with van der Waals surface area (Å²) < 4.78 is 5.36. The number of ether oxygens (including phenoxy) is 1. The zero-order chi connectivity index (χ0) is 12.6. The van der Waals surface area contributed by atoms with Gasteiger partial charge in [0.1, 0.15) is 6.04 Å². The topological polar surface area (TPSA) is 38.3 Å². The first kappa shape index (κ1) is 13.6. The number of esters is 1. The first-order valence-corrected chi connectivity index (χ1v) is 7.66. The summed E-state index contributed by atoms with van der Waals surface area (Å²) >= 11 is 1.71. The standard InChI is InChI=1S/C14H21NO2S/c16-14(13-7-3-1-2-4-9-15-13)17-10-8-12-6-5-11-18-12/h5-6,11,13,15H,1-4,7-10H2. The molecule has 2 rings (SSSR count). The van der Waals surface area contributed by atoms with Crippen LogP contribution in [0.1, 0.15) is 37.0 Å². The van der Waals surface area contributed by atoms with Gasteiger partial charge >= 0.3 is 5.97 Å². The van der Waals surface area contributed by atoms with E-state index in [9.17, 15) is 4.79 Å². The second-order valence-corrected chi connectivity index (χ2v) is 5.74. The Morgan fingerprint density at radius 1 is 1.39 bits per heavy atom. The minimum Gasteiger partial charge on any atom is -0.464 e. The molecule has 4 heteroatoms. The molecular formula is C14H21NO2S. The van der Waals surface area contributed by atoms with Crippen molar-refractivity contribution in [2.45, 2.75) is 44.6 Å². The molecule has 2 heterocycles. The fraction of sp³-hybridized carbons (Fsp3) is 0.643. The first-order chi connectivity index (χ1) is 8.86. The summed E-state index contributed by atoms with van der Waals surface area (Å²) in [7, 11) is 0. The van der Waals surface area contributed by atoms with Crippen LogP contribution in [0.3, 0.4) is 0 Å². The predicted molar refractivity (Wildman–Crippen MR) is 73.9 cm³/mol. The summed E-state index contributed by atoms with van der Waals surface area (Å²) in [5.41, 5.74) is 0. The highest BCUT2D eigenvalue weighted by molar-refractivity contribution is 7.09. The van der Waals surface area contributed by atoms with Gasteiger partial charge < -0.3 is 10.1 Å². The molecule has 0 bridgehead atoms. The molecular weight excluding hydrogens is 246 g/mol. The molecule has 1 aliphatic rings. The summed E-state index contributed by atoms with van der Waals surface area (Å²) in [6.07, 6.45) is 6.54. The lowest BCUT2D eigenvalue weighted by Gasteiger charge is -2.19. The van der Waals surface area contributed by atoms with Crippen molar-refractivity contribution in [1.29, 1.82) is 0 Å². The number of carbonyl (C=O) groups is 1. The predicted octanol–water partition coefficient (Wildman–Crippen LogP) is 2.76. The van der Waals surface area contributed by atoms with Crippen molar-refractivity contribution in [3.8, 4) is 0 Å². The fourth-order valence-corrected chi connectivity index (χ4v) is 2.90. The van der Waals surface area contributed by atoms with E-state index in [1.807, 2.05) is 11.4 Å². The Morgan fingerprint density at radius 2 is 2.28 bits per heavy atom. The maximum absolute atomic E-state index is 11.9. The van der Waals surface area contributed by atoms with Crippen molar-refractivity contribution in [3.05, 3.63) is 22.4 Å². The van der Waals surface area contributed by atoms with Crippen LogP contribution in [0, 0.1) is 0 Å². The summed E-state index contributed by atoms with van der Waals surface area (Å²) in [6, 6.07) is 4.01. The van der Waals surface area contributed by atoms with Crippen LogP contribution < -0.4 is 5.32 Å². The van der Waals surface area contributed by atoms with E-state index in [4.69, 9.17) is 4.74 Å². The van der Waals surface area contributed by atoms with Gasteiger partial charge in [0.15, 0.2) is 0 Å². The van der Waals surface area contributed by atoms with Crippen LogP contribution in [0.15, 0.2) is 17.5 Å². The van der Waals surface area contributed by atoms with Gasteiger partial charge in [-0.05, 0) is 30.8 Å². The second-order valence-electron chi connectivity index (χ2n) is 4.71. The number of hydrogen-bond donors (Lipinski definition) is 1. The normalized spacial score (nSPS) is 21.0. The molecule has 18 heavy (non-hydrogen) atoms. The highest BCUT2D eigenvalue weighted by Crippen LogP contribution is 2.12. The van der Waals surface area contributed by atoms with Crippen molar-refractivity contribution in [2.24, 2.45) is 0 Å². The molecule has 1 aliphatic heterocycles. The van der Waals surface area contributed by atoms with Crippen molar-refractivity contribution in [1.82, 2.24) is 5.32 Å². The summed E-state index contributed by atoms with van der Waals surface area (Å²) in [4.78, 5) is 13.2. The lowest BCUT2D eigenvalue weighted by atomic mass is 10.0. The molecule has 0 saturated carbocycles. The van der Waals surface area contributed by atoms with Gasteiger partial charge in [-0.2, -0.15) is 0 Å². The van der Waals surface area contributed by atoms with Crippen LogP contribution in [0.25, 0.3) is 0 Å². The van der Waals surface area contributed by atoms with E-state index < -0.39 is 0 Å². The maximum Gasteiger partial charge on any atom is 0.323 e. The van der Waals surface area contributed by atoms with E-state index in [1.54, 1.807) is 11.3 Å². The van der Waals surface area contributed by atoms with Crippen molar-refractivity contribution in [3.63, 3.8) is 0 Å². The molecule has 0 aliphatic carbocycles. The average Bonchev–Trinajstić information content (AvgIpc) is 2.81. The van der Waals surface area contributed by atoms with Gasteiger partial charge in [-0.15, -0.1) is 11.3 Å². The SMILES string of the molecule is O=C(OCCc1cccs1)C1CCCCCCN1. The molecule has 1 aromatic rings. The van der Waals surface area contributed by atoms with Gasteiger partial charge in [0.05, 0.1) is 6.61 Å². The number of thiophene rings is 1. The zero-order valence-corrected chi connectivity index (χ0v) is 11.5. The highest BCUT2D eigenvalue weighted by atomic mass is 32.1. The van der Waals surface area contributed by atoms with Crippen molar-refractivity contribution in [2.75, 3.05) is 13.2 Å². The van der Waals surface area contributed by atoms with Gasteiger partial charge in [-0.3, -0.25) is 4.79 Å². The average molecular weight is 267 g/mol. The van der Waals surface area contributed by atoms with Crippen LogP contribution in [0.5, 0.6) is 0 Å². The van der Waals surface area contributed by atoms with E-state index in [-0.39, 0.29) is 12.0 Å². The van der Waals surface area contributed by atoms with Crippen LogP contribution in [-0.2, 0) is 16.0 Å². The molecule has 3 nitrogen and oxygen atoms in total. The van der Waals surface area contributed by atoms with Crippen LogP contribution in [-0.4, -0.2) is 25.2 Å². The lowest BCUT2D eigenvalue weighted by Crippen LogP contribution is -2.39. The molecule has 0 spiro atoms. The summed E-state index contributed by atoms with van der Waals surface area (Å²) in [6.45, 7) is 1.43. The van der Waals surface area contributed by atoms with E-state index in [0.717, 1.165) is 25.8 Å². The monoisotopic (exact) mass is 267 g/mol. The Kier molecular flexibility index (Phi) is 5.68. The number of nitrogens with one attached hydrogen (secondary N) is 1. The smallest absolute Gasteiger partial charge is 0.323 e. The molecule has 1 fully saturated rings. The van der Waals surface area contributed by atoms with E-state index >= 15 is 0 Å². The van der Waals surface area contributed by atoms with Gasteiger partial charge in [0.25, 0.3) is 0 Å². The number of rotatable bonds is 4. The number of carbonyl (C=O) groups excluding carboxylic acids is 1. The van der Waals surface area contributed by atoms with E-state index in [0.29, 0.717) is 6.61 Å². The highest BCUT2D eigenvalue weighted by Gasteiger charge is 2.19. The van der Waals surface area contributed by atoms with E-state index in [2.05, 4.69) is 11.4 Å². The Labute approximate surface area is 113 Å². The number of hydrogen-bond acceptors (Lipinski definition) is 4. The Hall–Kier alpha value is -0.870. The van der Waals surface area contributed by atoms with Crippen molar-refractivity contribution < 1.29 is 9.53 Å². The quantitative estimate of drug-likeness (QED) is 0.853. The molecule has 1 saturated heterocycles. The van der Waals surface area contributed by atoms with Gasteiger partial charge in [-0.25, -0.2) is 0 Å². The van der Waals surface area contributed by atoms with Gasteiger partial charge in [-0.1, -0.05) is 25.3 Å². The van der Waals surface area contributed by atoms with Gasteiger partial charge in [0, 0.05) is 11.3 Å². The zero-order valence-electron chi connectivity index (χ0n) is 10.7. The Balaban J connectivity index is 1.69. The second kappa shape index (κ2) is 7.54. The third-order valence-corrected chi connectivity index (χ3v) is 4.20. The Bertz CT molecular complexity index is 343. The van der Waals surface area contributed by atoms with Crippen LogP contribution >= 0.6 is 11.3 Å². The van der Waals surface area contributed by atoms with Crippen molar-refractivity contribution >= 4 is 17.3 Å². The minimum absolute atomic E-state index is 0.0755. The molecule has 1 unspecified atom stereocenters. The molecule has 100 valence electrons. The van der Waals surface area contributed by atoms with Gasteiger partial charge in [0.2, 0.25) is 0 Å². The molecule has 0 amide bonds. The largest absolute Gasteiger partial charge is 0.464 e. The summed E-state index contributed by atoms with van der Waals surface area (Å²) in [5, 5.41) is 5.34. The molecule has 1 atom stereocenters. The third-order valence-electron chi connectivity index (χ3n) is 3.27. The lowest BCUT2D eigenvalue weighted by molar-refractivity contribution is -0.146. The van der Waals surface area contributed by atoms with Crippen LogP contribution in [0.4, 0.5) is 0 Å². The molecule has 0 aromatic carbocycles. The molecule has 1 aromatic heterocycles. The maximum atomic E-state index is 11.9. The molecule has 0 radical (unpaired) electrons. The minimum atomic E-state index is -0.0892. The summed E-state index contributed by atoms with van der Waals surface area (Å²) in [5.74, 6) is -0.0755. The first-order valence-electron chi connectivity index (χ1n) is 6.78. The third kappa shape index (κ3) is 4.42. The molecule has 1 N–H and O–H groups in total.